The summed E-state index contributed by atoms with van der Waals surface area (Å²) in [6.07, 6.45) is 10.1. The van der Waals surface area contributed by atoms with E-state index in [9.17, 15) is 4.79 Å². The van der Waals surface area contributed by atoms with Gasteiger partial charge in [0.1, 0.15) is 5.82 Å². The second kappa shape index (κ2) is 11.1. The van der Waals surface area contributed by atoms with E-state index in [1.165, 1.54) is 6.20 Å². The molecule has 2 rings (SSSR count). The second-order valence-corrected chi connectivity index (χ2v) is 6.21. The van der Waals surface area contributed by atoms with Gasteiger partial charge in [-0.1, -0.05) is 12.7 Å². The number of morpholine rings is 1. The van der Waals surface area contributed by atoms with Crippen molar-refractivity contribution in [2.45, 2.75) is 4.90 Å². The summed E-state index contributed by atoms with van der Waals surface area (Å²) in [5.41, 5.74) is 7.10. The first-order valence-corrected chi connectivity index (χ1v) is 9.13. The summed E-state index contributed by atoms with van der Waals surface area (Å²) in [5, 5.41) is 10.1. The molecule has 148 valence electrons. The van der Waals surface area contributed by atoms with E-state index in [2.05, 4.69) is 34.4 Å². The van der Waals surface area contributed by atoms with Crippen LogP contribution in [0.15, 0.2) is 41.5 Å². The SMILES string of the molecule is C=C(C=N)/C(=C\C=C/N)c1nc(/C=C/CNC=O)c(S)c(N2CCOCC2)n1. The number of rotatable bonds is 9. The first-order chi connectivity index (χ1) is 13.6. The molecule has 8 nitrogen and oxygen atoms in total. The van der Waals surface area contributed by atoms with Crippen molar-refractivity contribution in [1.82, 2.24) is 15.3 Å². The van der Waals surface area contributed by atoms with E-state index in [-0.39, 0.29) is 0 Å². The highest BCUT2D eigenvalue weighted by atomic mass is 32.1. The Bertz CT molecular complexity index is 813. The summed E-state index contributed by atoms with van der Waals surface area (Å²) in [4.78, 5) is 22.4. The summed E-state index contributed by atoms with van der Waals surface area (Å²) < 4.78 is 5.43. The van der Waals surface area contributed by atoms with Crippen LogP contribution >= 0.6 is 12.6 Å². The molecule has 0 spiro atoms. The van der Waals surface area contributed by atoms with Gasteiger partial charge < -0.3 is 26.1 Å². The lowest BCUT2D eigenvalue weighted by molar-refractivity contribution is -0.109. The Balaban J connectivity index is 2.56. The lowest BCUT2D eigenvalue weighted by Gasteiger charge is -2.29. The number of hydrogen-bond donors (Lipinski definition) is 4. The van der Waals surface area contributed by atoms with E-state index in [0.29, 0.717) is 72.6 Å². The lowest BCUT2D eigenvalue weighted by Crippen LogP contribution is -2.37. The minimum Gasteiger partial charge on any atom is -0.405 e. The van der Waals surface area contributed by atoms with Crippen LogP contribution in [-0.4, -0.2) is 55.4 Å². The maximum atomic E-state index is 10.4. The van der Waals surface area contributed by atoms with Crippen LogP contribution in [0.2, 0.25) is 0 Å². The Morgan fingerprint density at radius 3 is 2.79 bits per heavy atom. The van der Waals surface area contributed by atoms with Crippen molar-refractivity contribution >= 4 is 42.7 Å². The van der Waals surface area contributed by atoms with Gasteiger partial charge in [-0.3, -0.25) is 4.79 Å². The normalized spacial score (nSPS) is 15.2. The molecule has 4 N–H and O–H groups in total. The van der Waals surface area contributed by atoms with Gasteiger partial charge in [0.2, 0.25) is 6.41 Å². The first-order valence-electron chi connectivity index (χ1n) is 8.68. The van der Waals surface area contributed by atoms with Crippen molar-refractivity contribution in [2.75, 3.05) is 37.7 Å². The predicted molar refractivity (Wildman–Crippen MR) is 115 cm³/mol. The maximum Gasteiger partial charge on any atom is 0.207 e. The molecule has 0 bridgehead atoms. The predicted octanol–water partition coefficient (Wildman–Crippen LogP) is 1.42. The fraction of sp³-hybridized carbons (Fsp3) is 0.263. The van der Waals surface area contributed by atoms with Gasteiger partial charge in [-0.05, 0) is 30.0 Å². The van der Waals surface area contributed by atoms with Gasteiger partial charge in [-0.25, -0.2) is 9.97 Å². The van der Waals surface area contributed by atoms with Gasteiger partial charge >= 0.3 is 0 Å². The highest BCUT2D eigenvalue weighted by Crippen LogP contribution is 2.29. The molecule has 2 heterocycles. The van der Waals surface area contributed by atoms with Gasteiger partial charge in [0.25, 0.3) is 0 Å². The van der Waals surface area contributed by atoms with E-state index in [4.69, 9.17) is 20.9 Å². The Hall–Kier alpha value is -2.91. The highest BCUT2D eigenvalue weighted by Gasteiger charge is 2.20. The number of carbonyl (C=O) groups is 1. The first kappa shape index (κ1) is 21.4. The molecule has 1 saturated heterocycles. The van der Waals surface area contributed by atoms with Crippen LogP contribution in [0.4, 0.5) is 5.82 Å². The molecule has 1 fully saturated rings. The third-order valence-electron chi connectivity index (χ3n) is 3.93. The number of nitrogens with one attached hydrogen (secondary N) is 2. The Morgan fingerprint density at radius 1 is 1.39 bits per heavy atom. The molecular weight excluding hydrogens is 376 g/mol. The van der Waals surface area contributed by atoms with Crippen molar-refractivity contribution in [3.05, 3.63) is 48.1 Å². The van der Waals surface area contributed by atoms with Crippen LogP contribution in [0.25, 0.3) is 11.6 Å². The minimum absolute atomic E-state index is 0.370. The number of nitrogens with zero attached hydrogens (tertiary/aromatic N) is 3. The molecule has 1 aromatic heterocycles. The molecule has 0 aromatic carbocycles. The molecular formula is C19H24N6O2S. The van der Waals surface area contributed by atoms with E-state index < -0.39 is 0 Å². The average molecular weight is 401 g/mol. The molecule has 0 aliphatic carbocycles. The van der Waals surface area contributed by atoms with Crippen LogP contribution in [0.1, 0.15) is 11.5 Å². The van der Waals surface area contributed by atoms with Gasteiger partial charge in [-0.15, -0.1) is 12.6 Å². The van der Waals surface area contributed by atoms with Crippen molar-refractivity contribution in [3.8, 4) is 0 Å². The third-order valence-corrected chi connectivity index (χ3v) is 4.36. The van der Waals surface area contributed by atoms with Crippen LogP contribution in [0.3, 0.4) is 0 Å². The van der Waals surface area contributed by atoms with Crippen molar-refractivity contribution in [3.63, 3.8) is 0 Å². The lowest BCUT2D eigenvalue weighted by atomic mass is 10.1. The second-order valence-electron chi connectivity index (χ2n) is 5.77. The number of ether oxygens (including phenoxy) is 1. The van der Waals surface area contributed by atoms with E-state index in [1.807, 2.05) is 0 Å². The summed E-state index contributed by atoms with van der Waals surface area (Å²) >= 11 is 4.64. The van der Waals surface area contributed by atoms with E-state index in [0.717, 1.165) is 6.21 Å². The third kappa shape index (κ3) is 5.54. The maximum absolute atomic E-state index is 10.4. The van der Waals surface area contributed by atoms with Crippen molar-refractivity contribution in [2.24, 2.45) is 5.73 Å². The van der Waals surface area contributed by atoms with Gasteiger partial charge in [-0.2, -0.15) is 0 Å². The molecule has 28 heavy (non-hydrogen) atoms. The molecule has 0 radical (unpaired) electrons. The standard InChI is InChI=1S/C19H24N6O2S/c1-14(12-21)15(4-2-6-20)18-23-16(5-3-7-22-13-26)17(28)19(24-18)25-8-10-27-11-9-25/h2-6,12-13,21,28H,1,7-11,20H2,(H,22,26)/b5-3+,6-2-,15-4+,21-12?. The molecule has 1 amide bonds. The molecule has 9 heteroatoms. The molecule has 1 aromatic rings. The minimum atomic E-state index is 0.370. The fourth-order valence-corrected chi connectivity index (χ4v) is 2.85. The average Bonchev–Trinajstić information content (AvgIpc) is 2.73. The monoisotopic (exact) mass is 400 g/mol. The van der Waals surface area contributed by atoms with Crippen molar-refractivity contribution < 1.29 is 9.53 Å². The number of thiol groups is 1. The highest BCUT2D eigenvalue weighted by molar-refractivity contribution is 7.80. The largest absolute Gasteiger partial charge is 0.405 e. The molecule has 0 saturated carbocycles. The Kier molecular flexibility index (Phi) is 8.44. The number of carbonyl (C=O) groups excluding carboxylic acids is 1. The molecule has 0 atom stereocenters. The van der Waals surface area contributed by atoms with Crippen LogP contribution in [-0.2, 0) is 9.53 Å². The van der Waals surface area contributed by atoms with Crippen molar-refractivity contribution in [1.29, 1.82) is 5.41 Å². The number of hydrogen-bond acceptors (Lipinski definition) is 8. The van der Waals surface area contributed by atoms with Gasteiger partial charge in [0.15, 0.2) is 5.82 Å². The quantitative estimate of drug-likeness (QED) is 0.164. The number of aromatic nitrogens is 2. The van der Waals surface area contributed by atoms with Gasteiger partial charge in [0, 0.05) is 31.4 Å². The van der Waals surface area contributed by atoms with E-state index in [1.54, 1.807) is 24.3 Å². The number of allylic oxidation sites excluding steroid dienone is 4. The summed E-state index contributed by atoms with van der Waals surface area (Å²) in [7, 11) is 0. The van der Waals surface area contributed by atoms with Crippen LogP contribution in [0.5, 0.6) is 0 Å². The van der Waals surface area contributed by atoms with E-state index >= 15 is 0 Å². The summed E-state index contributed by atoms with van der Waals surface area (Å²) in [6.45, 7) is 6.85. The Labute approximate surface area is 169 Å². The molecule has 1 aliphatic rings. The molecule has 0 unspecified atom stereocenters. The molecule has 1 aliphatic heterocycles. The Morgan fingerprint density at radius 2 is 2.14 bits per heavy atom. The summed E-state index contributed by atoms with van der Waals surface area (Å²) in [6, 6.07) is 0. The number of nitrogens with two attached hydrogens (primary N) is 1. The zero-order valence-electron chi connectivity index (χ0n) is 15.5. The number of amides is 1. The number of anilines is 1. The zero-order chi connectivity index (χ0) is 20.4. The smallest absolute Gasteiger partial charge is 0.207 e. The fourth-order valence-electron chi connectivity index (χ4n) is 2.53. The zero-order valence-corrected chi connectivity index (χ0v) is 16.4. The van der Waals surface area contributed by atoms with Gasteiger partial charge in [0.05, 0.1) is 23.8 Å². The van der Waals surface area contributed by atoms with Crippen LogP contribution < -0.4 is 16.0 Å². The van der Waals surface area contributed by atoms with Crippen LogP contribution in [0, 0.1) is 5.41 Å². The topological polar surface area (TPSA) is 117 Å². The summed E-state index contributed by atoms with van der Waals surface area (Å²) in [5.74, 6) is 1.09.